The summed E-state index contributed by atoms with van der Waals surface area (Å²) in [7, 11) is 0. The second-order valence-electron chi connectivity index (χ2n) is 5.02. The third-order valence-corrected chi connectivity index (χ3v) is 3.49. The highest BCUT2D eigenvalue weighted by Crippen LogP contribution is 2.29. The SMILES string of the molecule is CCOC(=O)c1cccc(N)c1N(CC)CC(C)CC. The summed E-state index contributed by atoms with van der Waals surface area (Å²) in [4.78, 5) is 14.3. The van der Waals surface area contributed by atoms with Gasteiger partial charge in [-0.25, -0.2) is 4.79 Å². The molecule has 0 amide bonds. The van der Waals surface area contributed by atoms with E-state index in [1.54, 1.807) is 19.1 Å². The zero-order valence-corrected chi connectivity index (χ0v) is 13.0. The number of nitrogens with two attached hydrogens (primary N) is 1. The van der Waals surface area contributed by atoms with Gasteiger partial charge in [-0.2, -0.15) is 0 Å². The lowest BCUT2D eigenvalue weighted by Gasteiger charge is -2.29. The number of esters is 1. The Morgan fingerprint density at radius 3 is 2.60 bits per heavy atom. The Labute approximate surface area is 121 Å². The van der Waals surface area contributed by atoms with Gasteiger partial charge in [-0.3, -0.25) is 0 Å². The molecule has 1 aromatic rings. The number of benzene rings is 1. The van der Waals surface area contributed by atoms with Crippen LogP contribution < -0.4 is 10.6 Å². The number of carbonyl (C=O) groups is 1. The van der Waals surface area contributed by atoms with Crippen LogP contribution in [0.2, 0.25) is 0 Å². The first-order valence-electron chi connectivity index (χ1n) is 7.35. The van der Waals surface area contributed by atoms with Gasteiger partial charge in [-0.05, 0) is 31.9 Å². The molecular formula is C16H26N2O2. The Kier molecular flexibility index (Phi) is 6.36. The minimum atomic E-state index is -0.308. The van der Waals surface area contributed by atoms with Crippen LogP contribution >= 0.6 is 0 Å². The van der Waals surface area contributed by atoms with Crippen LogP contribution in [-0.2, 0) is 4.74 Å². The van der Waals surface area contributed by atoms with Crippen molar-refractivity contribution in [2.24, 2.45) is 5.92 Å². The van der Waals surface area contributed by atoms with Gasteiger partial charge in [0.05, 0.1) is 23.5 Å². The van der Waals surface area contributed by atoms with Gasteiger partial charge in [0.15, 0.2) is 0 Å². The summed E-state index contributed by atoms with van der Waals surface area (Å²) in [6, 6.07) is 5.41. The van der Waals surface area contributed by atoms with E-state index in [0.29, 0.717) is 23.8 Å². The van der Waals surface area contributed by atoms with E-state index in [0.717, 1.165) is 25.2 Å². The molecule has 0 aliphatic carbocycles. The number of carbonyl (C=O) groups excluding carboxylic acids is 1. The third kappa shape index (κ3) is 3.89. The molecule has 1 atom stereocenters. The Hall–Kier alpha value is -1.71. The summed E-state index contributed by atoms with van der Waals surface area (Å²) < 4.78 is 5.13. The molecule has 1 rings (SSSR count). The first kappa shape index (κ1) is 16.3. The predicted molar refractivity (Wildman–Crippen MR) is 84.2 cm³/mol. The molecule has 1 aromatic carbocycles. The van der Waals surface area contributed by atoms with E-state index in [1.165, 1.54) is 0 Å². The number of anilines is 2. The molecule has 0 heterocycles. The van der Waals surface area contributed by atoms with Crippen molar-refractivity contribution >= 4 is 17.3 Å². The maximum absolute atomic E-state index is 12.1. The van der Waals surface area contributed by atoms with Gasteiger partial charge in [0.1, 0.15) is 0 Å². The van der Waals surface area contributed by atoms with Gasteiger partial charge >= 0.3 is 5.97 Å². The highest BCUT2D eigenvalue weighted by molar-refractivity contribution is 5.99. The first-order valence-corrected chi connectivity index (χ1v) is 7.35. The molecule has 1 unspecified atom stereocenters. The molecule has 0 fully saturated rings. The van der Waals surface area contributed by atoms with Crippen LogP contribution in [0.3, 0.4) is 0 Å². The molecule has 0 aliphatic rings. The van der Waals surface area contributed by atoms with Gasteiger partial charge in [-0.1, -0.05) is 26.3 Å². The lowest BCUT2D eigenvalue weighted by Crippen LogP contribution is -2.30. The molecule has 0 radical (unpaired) electrons. The van der Waals surface area contributed by atoms with Crippen LogP contribution in [0.4, 0.5) is 11.4 Å². The van der Waals surface area contributed by atoms with E-state index >= 15 is 0 Å². The summed E-state index contributed by atoms with van der Waals surface area (Å²) in [5, 5.41) is 0. The van der Waals surface area contributed by atoms with Crippen LogP contribution in [-0.4, -0.2) is 25.7 Å². The largest absolute Gasteiger partial charge is 0.462 e. The van der Waals surface area contributed by atoms with Crippen molar-refractivity contribution in [3.8, 4) is 0 Å². The lowest BCUT2D eigenvalue weighted by atomic mass is 10.1. The van der Waals surface area contributed by atoms with Crippen molar-refractivity contribution < 1.29 is 9.53 Å². The summed E-state index contributed by atoms with van der Waals surface area (Å²) in [5.41, 5.74) is 8.08. The molecule has 4 heteroatoms. The first-order chi connectivity index (χ1) is 9.54. The van der Waals surface area contributed by atoms with E-state index in [2.05, 4.69) is 25.7 Å². The number of hydrogen-bond donors (Lipinski definition) is 1. The summed E-state index contributed by atoms with van der Waals surface area (Å²) in [6.07, 6.45) is 1.10. The number of ether oxygens (including phenoxy) is 1. The van der Waals surface area contributed by atoms with E-state index < -0.39 is 0 Å². The van der Waals surface area contributed by atoms with Gasteiger partial charge in [0.2, 0.25) is 0 Å². The average Bonchev–Trinajstić information content (AvgIpc) is 2.44. The second-order valence-corrected chi connectivity index (χ2v) is 5.02. The van der Waals surface area contributed by atoms with Crippen molar-refractivity contribution in [2.75, 3.05) is 30.3 Å². The minimum Gasteiger partial charge on any atom is -0.462 e. The van der Waals surface area contributed by atoms with Crippen molar-refractivity contribution in [3.63, 3.8) is 0 Å². The summed E-state index contributed by atoms with van der Waals surface area (Å²) in [6.45, 7) is 10.3. The highest BCUT2D eigenvalue weighted by atomic mass is 16.5. The van der Waals surface area contributed by atoms with Crippen LogP contribution in [0.25, 0.3) is 0 Å². The van der Waals surface area contributed by atoms with Gasteiger partial charge < -0.3 is 15.4 Å². The molecule has 0 saturated heterocycles. The van der Waals surface area contributed by atoms with Crippen LogP contribution in [0.15, 0.2) is 18.2 Å². The summed E-state index contributed by atoms with van der Waals surface area (Å²) >= 11 is 0. The summed E-state index contributed by atoms with van der Waals surface area (Å²) in [5.74, 6) is 0.238. The van der Waals surface area contributed by atoms with Crippen LogP contribution in [0.1, 0.15) is 44.5 Å². The standard InChI is InChI=1S/C16H26N2O2/c1-5-12(4)11-18(6-2)15-13(16(19)20-7-3)9-8-10-14(15)17/h8-10,12H,5-7,11,17H2,1-4H3. The maximum Gasteiger partial charge on any atom is 0.340 e. The number of nitrogens with zero attached hydrogens (tertiary/aromatic N) is 1. The number of rotatable bonds is 7. The van der Waals surface area contributed by atoms with Crippen LogP contribution in [0.5, 0.6) is 0 Å². The third-order valence-electron chi connectivity index (χ3n) is 3.49. The smallest absolute Gasteiger partial charge is 0.340 e. The van der Waals surface area contributed by atoms with Crippen molar-refractivity contribution in [1.29, 1.82) is 0 Å². The molecule has 0 aromatic heterocycles. The van der Waals surface area contributed by atoms with E-state index in [4.69, 9.17) is 10.5 Å². The van der Waals surface area contributed by atoms with Gasteiger partial charge in [0.25, 0.3) is 0 Å². The van der Waals surface area contributed by atoms with E-state index in [9.17, 15) is 4.79 Å². The number of nitrogen functional groups attached to an aromatic ring is 1. The Balaban J connectivity index is 3.15. The normalized spacial score (nSPS) is 12.0. The average molecular weight is 278 g/mol. The Morgan fingerprint density at radius 1 is 1.35 bits per heavy atom. The number of hydrogen-bond acceptors (Lipinski definition) is 4. The zero-order chi connectivity index (χ0) is 15.1. The zero-order valence-electron chi connectivity index (χ0n) is 13.0. The Bertz CT molecular complexity index is 446. The lowest BCUT2D eigenvalue weighted by molar-refractivity contribution is 0.0527. The van der Waals surface area contributed by atoms with E-state index in [-0.39, 0.29) is 5.97 Å². The minimum absolute atomic E-state index is 0.308. The van der Waals surface area contributed by atoms with Gasteiger partial charge in [-0.15, -0.1) is 0 Å². The molecule has 0 bridgehead atoms. The van der Waals surface area contributed by atoms with Crippen molar-refractivity contribution in [2.45, 2.75) is 34.1 Å². The quantitative estimate of drug-likeness (QED) is 0.614. The topological polar surface area (TPSA) is 55.6 Å². The molecule has 2 N–H and O–H groups in total. The molecule has 0 saturated carbocycles. The fourth-order valence-corrected chi connectivity index (χ4v) is 2.17. The fourth-order valence-electron chi connectivity index (χ4n) is 2.17. The molecule has 112 valence electrons. The van der Waals surface area contributed by atoms with Crippen molar-refractivity contribution in [3.05, 3.63) is 23.8 Å². The maximum atomic E-state index is 12.1. The molecule has 20 heavy (non-hydrogen) atoms. The molecule has 0 spiro atoms. The molecule has 4 nitrogen and oxygen atoms in total. The molecular weight excluding hydrogens is 252 g/mol. The van der Waals surface area contributed by atoms with Crippen LogP contribution in [0, 0.1) is 5.92 Å². The van der Waals surface area contributed by atoms with Crippen molar-refractivity contribution in [1.82, 2.24) is 0 Å². The predicted octanol–water partition coefficient (Wildman–Crippen LogP) is 3.32. The number of para-hydroxylation sites is 1. The van der Waals surface area contributed by atoms with E-state index in [1.807, 2.05) is 6.07 Å². The Morgan fingerprint density at radius 2 is 2.05 bits per heavy atom. The van der Waals surface area contributed by atoms with Gasteiger partial charge in [0, 0.05) is 13.1 Å². The monoisotopic (exact) mass is 278 g/mol. The molecule has 0 aliphatic heterocycles. The highest BCUT2D eigenvalue weighted by Gasteiger charge is 2.20. The second kappa shape index (κ2) is 7.78. The fraction of sp³-hybridized carbons (Fsp3) is 0.562.